The summed E-state index contributed by atoms with van der Waals surface area (Å²) in [5.74, 6) is -1.81. The molecule has 0 aliphatic rings. The van der Waals surface area contributed by atoms with E-state index in [-0.39, 0.29) is 35.6 Å². The first-order valence-electron chi connectivity index (χ1n) is 14.1. The number of benzene rings is 3. The number of primary sulfonamides is 1. The van der Waals surface area contributed by atoms with Gasteiger partial charge in [0.2, 0.25) is 27.7 Å². The fraction of sp³-hybridized carbons (Fsp3) is 0.226. The molecule has 0 unspecified atom stereocenters. The van der Waals surface area contributed by atoms with Crippen LogP contribution < -0.4 is 26.8 Å². The quantitative estimate of drug-likeness (QED) is 0.0899. The number of hydrogen-bond donors (Lipinski definition) is 8. The SMILES string of the molecule is N[C@@H](c1cccc(S(N)(=O)=O)c1)[C@@H](S)C(=O)N[C@@H](Cc1ccc(O)cc1)C(=O)N[C@@H](Cc1cnc[nH]1)C(=O)NCc1ccccc1. The summed E-state index contributed by atoms with van der Waals surface area (Å²) in [6, 6.07) is 17.6. The third-order valence-electron chi connectivity index (χ3n) is 7.11. The number of aromatic nitrogens is 2. The molecule has 0 fully saturated rings. The van der Waals surface area contributed by atoms with Crippen molar-refractivity contribution in [1.82, 2.24) is 25.9 Å². The van der Waals surface area contributed by atoms with Crippen molar-refractivity contribution in [1.29, 1.82) is 0 Å². The van der Waals surface area contributed by atoms with Gasteiger partial charge in [-0.3, -0.25) is 14.4 Å². The van der Waals surface area contributed by atoms with E-state index in [9.17, 15) is 27.9 Å². The summed E-state index contributed by atoms with van der Waals surface area (Å²) in [6.07, 6.45) is 3.08. The van der Waals surface area contributed by atoms with E-state index in [2.05, 4.69) is 38.5 Å². The van der Waals surface area contributed by atoms with Crippen LogP contribution in [0.5, 0.6) is 5.75 Å². The number of thiol groups is 1. The molecule has 4 rings (SSSR count). The van der Waals surface area contributed by atoms with Crippen molar-refractivity contribution in [2.24, 2.45) is 10.9 Å². The maximum Gasteiger partial charge on any atom is 0.243 e. The third kappa shape index (κ3) is 9.65. The number of carbonyl (C=O) groups is 3. The molecule has 46 heavy (non-hydrogen) atoms. The Bertz CT molecular complexity index is 1740. The average Bonchev–Trinajstić information content (AvgIpc) is 3.56. The minimum atomic E-state index is -4.02. The molecule has 3 aromatic carbocycles. The zero-order valence-corrected chi connectivity index (χ0v) is 26.2. The Kier molecular flexibility index (Phi) is 11.5. The molecule has 0 saturated heterocycles. The van der Waals surface area contributed by atoms with Gasteiger partial charge in [-0.2, -0.15) is 12.6 Å². The van der Waals surface area contributed by atoms with E-state index in [0.717, 1.165) is 5.56 Å². The number of aromatic hydroxyl groups is 1. The fourth-order valence-corrected chi connectivity index (χ4v) is 5.40. The number of amides is 3. The van der Waals surface area contributed by atoms with Gasteiger partial charge in [0, 0.05) is 31.3 Å². The van der Waals surface area contributed by atoms with Gasteiger partial charge in [0.25, 0.3) is 0 Å². The lowest BCUT2D eigenvalue weighted by molar-refractivity contribution is -0.132. The highest BCUT2D eigenvalue weighted by molar-refractivity contribution is 7.89. The zero-order valence-electron chi connectivity index (χ0n) is 24.5. The molecule has 242 valence electrons. The van der Waals surface area contributed by atoms with Gasteiger partial charge in [0.15, 0.2) is 0 Å². The van der Waals surface area contributed by atoms with Crippen LogP contribution in [0.4, 0.5) is 0 Å². The van der Waals surface area contributed by atoms with Crippen LogP contribution in [0.1, 0.15) is 28.4 Å². The molecule has 0 bridgehead atoms. The van der Waals surface area contributed by atoms with Crippen molar-refractivity contribution in [3.05, 3.63) is 114 Å². The highest BCUT2D eigenvalue weighted by atomic mass is 32.2. The van der Waals surface area contributed by atoms with E-state index in [1.54, 1.807) is 12.1 Å². The summed E-state index contributed by atoms with van der Waals surface area (Å²) in [4.78, 5) is 47.2. The molecule has 0 saturated carbocycles. The molecular weight excluding hydrogens is 631 g/mol. The smallest absolute Gasteiger partial charge is 0.243 e. The molecule has 4 aromatic rings. The number of rotatable bonds is 14. The van der Waals surface area contributed by atoms with E-state index in [1.807, 2.05) is 30.3 Å². The van der Waals surface area contributed by atoms with Crippen LogP contribution in [-0.4, -0.2) is 58.5 Å². The van der Waals surface area contributed by atoms with Crippen molar-refractivity contribution >= 4 is 40.4 Å². The van der Waals surface area contributed by atoms with Crippen molar-refractivity contribution in [3.63, 3.8) is 0 Å². The summed E-state index contributed by atoms with van der Waals surface area (Å²) in [5, 5.41) is 22.0. The minimum Gasteiger partial charge on any atom is -0.508 e. The second kappa shape index (κ2) is 15.5. The Morgan fingerprint density at radius 1 is 0.870 bits per heavy atom. The summed E-state index contributed by atoms with van der Waals surface area (Å²) in [6.45, 7) is 0.231. The van der Waals surface area contributed by atoms with Crippen molar-refractivity contribution in [2.45, 2.75) is 47.7 Å². The number of nitrogens with two attached hydrogens (primary N) is 2. The molecule has 15 heteroatoms. The Balaban J connectivity index is 1.54. The fourth-order valence-electron chi connectivity index (χ4n) is 4.58. The summed E-state index contributed by atoms with van der Waals surface area (Å²) < 4.78 is 23.6. The minimum absolute atomic E-state index is 0.00307. The lowest BCUT2D eigenvalue weighted by Gasteiger charge is -2.26. The van der Waals surface area contributed by atoms with E-state index in [0.29, 0.717) is 11.3 Å². The van der Waals surface area contributed by atoms with Crippen molar-refractivity contribution < 1.29 is 27.9 Å². The Hall–Kier alpha value is -4.70. The number of nitrogens with zero attached hydrogens (tertiary/aromatic N) is 1. The normalized spacial score (nSPS) is 14.0. The van der Waals surface area contributed by atoms with Crippen LogP contribution in [-0.2, 0) is 43.8 Å². The second-order valence-corrected chi connectivity index (χ2v) is 12.7. The van der Waals surface area contributed by atoms with Gasteiger partial charge < -0.3 is 31.8 Å². The van der Waals surface area contributed by atoms with E-state index >= 15 is 0 Å². The van der Waals surface area contributed by atoms with Crippen LogP contribution in [0, 0.1) is 0 Å². The standard InChI is InChI=1S/C31H35N7O6S2/c32-27(21-7-4-8-24(14-21)46(33,43)44)28(45)31(42)38-25(13-19-9-11-23(39)12-10-19)30(41)37-26(15-22-17-34-18-36-22)29(40)35-16-20-5-2-1-3-6-20/h1-12,14,17-18,25-28,39,45H,13,15-16,32H2,(H,34,36)(H,35,40)(H,37,41)(H,38,42)(H2,33,43,44)/t25-,26-,27-,28+/m0/s1. The van der Waals surface area contributed by atoms with Crippen LogP contribution in [0.15, 0.2) is 96.3 Å². The first kappa shape index (κ1) is 34.2. The molecule has 4 atom stereocenters. The van der Waals surface area contributed by atoms with Gasteiger partial charge >= 0.3 is 0 Å². The molecule has 13 nitrogen and oxygen atoms in total. The third-order valence-corrected chi connectivity index (χ3v) is 8.58. The zero-order chi connectivity index (χ0) is 33.3. The number of sulfonamides is 1. The number of carbonyl (C=O) groups excluding carboxylic acids is 3. The maximum absolute atomic E-state index is 13.8. The topological polar surface area (TPSA) is 222 Å². The number of H-pyrrole nitrogens is 1. The number of aromatic amines is 1. The van der Waals surface area contributed by atoms with Crippen molar-refractivity contribution in [2.75, 3.05) is 0 Å². The van der Waals surface area contributed by atoms with Crippen LogP contribution >= 0.6 is 12.6 Å². The monoisotopic (exact) mass is 665 g/mol. The van der Waals surface area contributed by atoms with Crippen LogP contribution in [0.3, 0.4) is 0 Å². The average molecular weight is 666 g/mol. The first-order valence-corrected chi connectivity index (χ1v) is 16.2. The molecule has 3 amide bonds. The number of hydrogen-bond acceptors (Lipinski definition) is 9. The molecule has 1 heterocycles. The Morgan fingerprint density at radius 3 is 2.20 bits per heavy atom. The largest absolute Gasteiger partial charge is 0.508 e. The predicted molar refractivity (Wildman–Crippen MR) is 174 cm³/mol. The van der Waals surface area contributed by atoms with E-state index in [4.69, 9.17) is 10.9 Å². The van der Waals surface area contributed by atoms with E-state index < -0.39 is 51.1 Å². The number of imidazole rings is 1. The molecule has 0 aliphatic carbocycles. The highest BCUT2D eigenvalue weighted by Gasteiger charge is 2.31. The summed E-state index contributed by atoms with van der Waals surface area (Å²) >= 11 is 4.39. The van der Waals surface area contributed by atoms with Crippen molar-refractivity contribution in [3.8, 4) is 5.75 Å². The number of phenols is 1. The van der Waals surface area contributed by atoms with Gasteiger partial charge in [0.1, 0.15) is 17.8 Å². The van der Waals surface area contributed by atoms with Gasteiger partial charge in [-0.1, -0.05) is 54.6 Å². The molecule has 0 aliphatic heterocycles. The molecule has 9 N–H and O–H groups in total. The van der Waals surface area contributed by atoms with Crippen LogP contribution in [0.25, 0.3) is 0 Å². The molecule has 0 radical (unpaired) electrons. The summed E-state index contributed by atoms with van der Waals surface area (Å²) in [5.41, 5.74) is 8.65. The second-order valence-electron chi connectivity index (χ2n) is 10.6. The first-order chi connectivity index (χ1) is 21.9. The Labute approximate surface area is 271 Å². The highest BCUT2D eigenvalue weighted by Crippen LogP contribution is 2.22. The number of nitrogens with one attached hydrogen (secondary N) is 4. The van der Waals surface area contributed by atoms with E-state index in [1.165, 1.54) is 48.9 Å². The molecular formula is C31H35N7O6S2. The maximum atomic E-state index is 13.8. The van der Waals surface area contributed by atoms with Gasteiger partial charge in [-0.05, 0) is 41.0 Å². The lowest BCUT2D eigenvalue weighted by atomic mass is 10.0. The van der Waals surface area contributed by atoms with Gasteiger partial charge in [-0.25, -0.2) is 18.5 Å². The molecule has 1 aromatic heterocycles. The predicted octanol–water partition coefficient (Wildman–Crippen LogP) is 0.832. The van der Waals surface area contributed by atoms with Gasteiger partial charge in [0.05, 0.1) is 22.5 Å². The van der Waals surface area contributed by atoms with Gasteiger partial charge in [-0.15, -0.1) is 0 Å². The van der Waals surface area contributed by atoms with Crippen LogP contribution in [0.2, 0.25) is 0 Å². The Morgan fingerprint density at radius 2 is 1.54 bits per heavy atom. The summed E-state index contributed by atoms with van der Waals surface area (Å²) in [7, 11) is -4.02. The lowest BCUT2D eigenvalue weighted by Crippen LogP contribution is -2.56. The molecule has 0 spiro atoms. The number of phenolic OH excluding ortho intramolecular Hbond substituents is 1.